The van der Waals surface area contributed by atoms with Crippen molar-refractivity contribution in [2.45, 2.75) is 38.1 Å². The minimum absolute atomic E-state index is 0.658. The highest BCUT2D eigenvalue weighted by atomic mass is 15.3. The van der Waals surface area contributed by atoms with Crippen molar-refractivity contribution < 1.29 is 0 Å². The molecule has 1 atom stereocenters. The Balaban J connectivity index is 1.35. The summed E-state index contributed by atoms with van der Waals surface area (Å²) in [6.07, 6.45) is 8.62. The largest absolute Gasteiger partial charge is 0.339 e. The maximum atomic E-state index is 4.93. The minimum Gasteiger partial charge on any atom is -0.339 e. The topological polar surface area (TPSA) is 32.3 Å². The zero-order chi connectivity index (χ0) is 18.8. The second-order valence-corrected chi connectivity index (χ2v) is 8.14. The third-order valence-corrected chi connectivity index (χ3v) is 6.29. The number of hydrogen-bond acceptors (Lipinski definition) is 4. The van der Waals surface area contributed by atoms with Crippen molar-refractivity contribution in [3.8, 4) is 11.3 Å². The third-order valence-electron chi connectivity index (χ3n) is 6.29. The molecule has 2 saturated heterocycles. The minimum atomic E-state index is 0.658. The molecule has 3 aromatic rings. The number of benzene rings is 2. The fourth-order valence-electron chi connectivity index (χ4n) is 4.69. The monoisotopic (exact) mass is 372 g/mol. The van der Waals surface area contributed by atoms with Crippen LogP contribution in [0.15, 0.2) is 54.7 Å². The van der Waals surface area contributed by atoms with E-state index in [4.69, 9.17) is 4.98 Å². The first-order chi connectivity index (χ1) is 13.9. The first kappa shape index (κ1) is 17.6. The molecule has 2 fully saturated rings. The van der Waals surface area contributed by atoms with Gasteiger partial charge >= 0.3 is 0 Å². The Labute approximate surface area is 167 Å². The van der Waals surface area contributed by atoms with Gasteiger partial charge in [-0.05, 0) is 55.3 Å². The van der Waals surface area contributed by atoms with Gasteiger partial charge in [-0.15, -0.1) is 0 Å². The Morgan fingerprint density at radius 3 is 2.50 bits per heavy atom. The predicted molar refractivity (Wildman–Crippen MR) is 116 cm³/mol. The van der Waals surface area contributed by atoms with Crippen molar-refractivity contribution in [1.82, 2.24) is 14.9 Å². The zero-order valence-electron chi connectivity index (χ0n) is 16.4. The second kappa shape index (κ2) is 7.88. The van der Waals surface area contributed by atoms with E-state index in [-0.39, 0.29) is 0 Å². The highest BCUT2D eigenvalue weighted by molar-refractivity contribution is 5.86. The van der Waals surface area contributed by atoms with Gasteiger partial charge in [-0.3, -0.25) is 4.90 Å². The van der Waals surface area contributed by atoms with Crippen LogP contribution < -0.4 is 4.90 Å². The Bertz CT molecular complexity index is 946. The van der Waals surface area contributed by atoms with Crippen LogP contribution in [-0.2, 0) is 0 Å². The van der Waals surface area contributed by atoms with Gasteiger partial charge in [0, 0.05) is 30.9 Å². The van der Waals surface area contributed by atoms with Crippen LogP contribution in [0.5, 0.6) is 0 Å². The lowest BCUT2D eigenvalue weighted by Crippen LogP contribution is -2.38. The van der Waals surface area contributed by atoms with E-state index < -0.39 is 0 Å². The van der Waals surface area contributed by atoms with E-state index in [1.54, 1.807) is 0 Å². The lowest BCUT2D eigenvalue weighted by atomic mass is 10.1. The SMILES string of the molecule is c1ccc2cc(-c3ccnc(N4CCC(N5CCCCCC5)C4)n3)ccc2c1. The number of hydrogen-bond donors (Lipinski definition) is 0. The summed E-state index contributed by atoms with van der Waals surface area (Å²) in [5.74, 6) is 0.878. The first-order valence-corrected chi connectivity index (χ1v) is 10.7. The molecule has 4 heteroatoms. The molecule has 2 aliphatic rings. The second-order valence-electron chi connectivity index (χ2n) is 8.14. The molecule has 4 nitrogen and oxygen atoms in total. The number of aromatic nitrogens is 2. The molecule has 0 radical (unpaired) electrons. The maximum absolute atomic E-state index is 4.93. The van der Waals surface area contributed by atoms with Crippen LogP contribution in [0.1, 0.15) is 32.1 Å². The van der Waals surface area contributed by atoms with E-state index in [1.165, 1.54) is 56.0 Å². The predicted octanol–water partition coefficient (Wildman–Crippen LogP) is 4.75. The smallest absolute Gasteiger partial charge is 0.225 e. The Morgan fingerprint density at radius 1 is 0.821 bits per heavy atom. The van der Waals surface area contributed by atoms with Crippen molar-refractivity contribution in [2.24, 2.45) is 0 Å². The normalized spacial score (nSPS) is 21.1. The fourth-order valence-corrected chi connectivity index (χ4v) is 4.69. The van der Waals surface area contributed by atoms with Crippen molar-refractivity contribution in [3.05, 3.63) is 54.7 Å². The molecule has 0 aliphatic carbocycles. The van der Waals surface area contributed by atoms with Crippen LogP contribution in [-0.4, -0.2) is 47.1 Å². The van der Waals surface area contributed by atoms with Crippen LogP contribution in [0.3, 0.4) is 0 Å². The highest BCUT2D eigenvalue weighted by Gasteiger charge is 2.29. The summed E-state index contributed by atoms with van der Waals surface area (Å²) in [6, 6.07) is 17.7. The van der Waals surface area contributed by atoms with E-state index >= 15 is 0 Å². The highest BCUT2D eigenvalue weighted by Crippen LogP contribution is 2.26. The van der Waals surface area contributed by atoms with E-state index in [0.717, 1.165) is 30.3 Å². The molecule has 28 heavy (non-hydrogen) atoms. The fraction of sp³-hybridized carbons (Fsp3) is 0.417. The van der Waals surface area contributed by atoms with Gasteiger partial charge in [-0.1, -0.05) is 49.2 Å². The Kier molecular flexibility index (Phi) is 4.96. The average molecular weight is 373 g/mol. The lowest BCUT2D eigenvalue weighted by Gasteiger charge is -2.27. The van der Waals surface area contributed by atoms with E-state index in [9.17, 15) is 0 Å². The molecule has 2 aliphatic heterocycles. The van der Waals surface area contributed by atoms with E-state index in [1.807, 2.05) is 12.3 Å². The Morgan fingerprint density at radius 2 is 1.64 bits per heavy atom. The maximum Gasteiger partial charge on any atom is 0.225 e. The van der Waals surface area contributed by atoms with Crippen LogP contribution in [0.2, 0.25) is 0 Å². The van der Waals surface area contributed by atoms with Gasteiger partial charge in [0.25, 0.3) is 0 Å². The molecular formula is C24H28N4. The molecule has 5 rings (SSSR count). The van der Waals surface area contributed by atoms with Crippen molar-refractivity contribution in [3.63, 3.8) is 0 Å². The summed E-state index contributed by atoms with van der Waals surface area (Å²) >= 11 is 0. The Hall–Kier alpha value is -2.46. The van der Waals surface area contributed by atoms with Gasteiger partial charge in [0.15, 0.2) is 0 Å². The summed E-state index contributed by atoms with van der Waals surface area (Å²) < 4.78 is 0. The molecule has 1 aromatic heterocycles. The number of fused-ring (bicyclic) bond motifs is 1. The number of nitrogens with zero attached hydrogens (tertiary/aromatic N) is 4. The quantitative estimate of drug-likeness (QED) is 0.664. The van der Waals surface area contributed by atoms with Crippen LogP contribution in [0.25, 0.3) is 22.0 Å². The molecular weight excluding hydrogens is 344 g/mol. The van der Waals surface area contributed by atoms with E-state index in [0.29, 0.717) is 6.04 Å². The average Bonchev–Trinajstić information content (AvgIpc) is 3.09. The van der Waals surface area contributed by atoms with Crippen LogP contribution in [0.4, 0.5) is 5.95 Å². The summed E-state index contributed by atoms with van der Waals surface area (Å²) in [7, 11) is 0. The number of rotatable bonds is 3. The first-order valence-electron chi connectivity index (χ1n) is 10.7. The zero-order valence-corrected chi connectivity index (χ0v) is 16.4. The van der Waals surface area contributed by atoms with Crippen LogP contribution in [0, 0.1) is 0 Å². The summed E-state index contributed by atoms with van der Waals surface area (Å²) in [5, 5.41) is 2.52. The molecule has 0 spiro atoms. The van der Waals surface area contributed by atoms with Crippen molar-refractivity contribution in [1.29, 1.82) is 0 Å². The third kappa shape index (κ3) is 3.61. The van der Waals surface area contributed by atoms with Crippen LogP contribution >= 0.6 is 0 Å². The molecule has 0 N–H and O–H groups in total. The lowest BCUT2D eigenvalue weighted by molar-refractivity contribution is 0.218. The number of likely N-dealkylation sites (tertiary alicyclic amines) is 1. The van der Waals surface area contributed by atoms with Gasteiger partial charge in [0.05, 0.1) is 5.69 Å². The standard InChI is InChI=1S/C24H28N4/c1-2-6-15-27(14-5-1)22-12-16-28(18-22)24-25-13-11-23(26-24)21-10-9-19-7-3-4-8-20(19)17-21/h3-4,7-11,13,17,22H,1-2,5-6,12,14-16,18H2. The van der Waals surface area contributed by atoms with Gasteiger partial charge in [-0.25, -0.2) is 9.97 Å². The molecule has 0 amide bonds. The summed E-state index contributed by atoms with van der Waals surface area (Å²) in [6.45, 7) is 4.64. The van der Waals surface area contributed by atoms with Gasteiger partial charge in [-0.2, -0.15) is 0 Å². The molecule has 0 bridgehead atoms. The number of anilines is 1. The molecule has 2 aromatic carbocycles. The molecule has 3 heterocycles. The van der Waals surface area contributed by atoms with E-state index in [2.05, 4.69) is 57.2 Å². The van der Waals surface area contributed by atoms with Crippen molar-refractivity contribution >= 4 is 16.7 Å². The van der Waals surface area contributed by atoms with Gasteiger partial charge < -0.3 is 4.90 Å². The summed E-state index contributed by atoms with van der Waals surface area (Å²) in [5.41, 5.74) is 2.17. The van der Waals surface area contributed by atoms with Crippen molar-refractivity contribution in [2.75, 3.05) is 31.1 Å². The van der Waals surface area contributed by atoms with Gasteiger partial charge in [0.2, 0.25) is 5.95 Å². The van der Waals surface area contributed by atoms with Gasteiger partial charge in [0.1, 0.15) is 0 Å². The molecule has 0 saturated carbocycles. The summed E-state index contributed by atoms with van der Waals surface area (Å²) in [4.78, 5) is 14.6. The molecule has 1 unspecified atom stereocenters. The molecule has 144 valence electrons.